The van der Waals surface area contributed by atoms with E-state index in [2.05, 4.69) is 20.1 Å². The molecule has 4 heterocycles. The van der Waals surface area contributed by atoms with Crippen molar-refractivity contribution in [1.82, 2.24) is 24.6 Å². The number of likely N-dealkylation sites (tertiary alicyclic amines) is 1. The normalized spacial score (nSPS) is 19.5. The number of benzene rings is 1. The van der Waals surface area contributed by atoms with Gasteiger partial charge in [-0.1, -0.05) is 11.6 Å². The highest BCUT2D eigenvalue weighted by molar-refractivity contribution is 6.37. The number of carbonyl (C=O) groups excluding carboxylic acids is 1. The molecule has 3 aromatic rings. The third kappa shape index (κ3) is 3.86. The van der Waals surface area contributed by atoms with E-state index in [1.54, 1.807) is 6.92 Å². The summed E-state index contributed by atoms with van der Waals surface area (Å²) in [6, 6.07) is 3.35. The summed E-state index contributed by atoms with van der Waals surface area (Å²) in [6.45, 7) is 1.54. The Morgan fingerprint density at radius 2 is 2.06 bits per heavy atom. The molecule has 2 aliphatic heterocycles. The van der Waals surface area contributed by atoms with Crippen molar-refractivity contribution in [3.63, 3.8) is 0 Å². The van der Waals surface area contributed by atoms with E-state index in [0.717, 1.165) is 22.9 Å². The predicted octanol–water partition coefficient (Wildman–Crippen LogP) is 3.86. The van der Waals surface area contributed by atoms with Gasteiger partial charge in [-0.15, -0.1) is 5.10 Å². The number of aromatic nitrogens is 4. The fraction of sp³-hybridized carbons (Fsp3) is 0.318. The Morgan fingerprint density at radius 3 is 2.74 bits per heavy atom. The molecule has 35 heavy (non-hydrogen) atoms. The minimum Gasteiger partial charge on any atom is -0.378 e. The molecule has 1 aromatic carbocycles. The van der Waals surface area contributed by atoms with Crippen LogP contribution in [0.5, 0.6) is 0 Å². The summed E-state index contributed by atoms with van der Waals surface area (Å²) < 4.78 is 83.4. The number of hydrogen-bond acceptors (Lipinski definition) is 6. The van der Waals surface area contributed by atoms with Crippen LogP contribution in [0.15, 0.2) is 35.5 Å². The smallest absolute Gasteiger partial charge is 0.378 e. The molecule has 8 nitrogen and oxygen atoms in total. The first-order valence-electron chi connectivity index (χ1n) is 11.8. The molecule has 0 radical (unpaired) electrons. The van der Waals surface area contributed by atoms with Crippen LogP contribution in [0.3, 0.4) is 0 Å². The van der Waals surface area contributed by atoms with E-state index < -0.39 is 47.7 Å². The Bertz CT molecular complexity index is 1470. The standard InChI is InChI=1S/C22H17ClF4N6O2/c1-10-20-30-19(21(34)32-8-11(9-32)35-2)31-33(20)14-6-5-12(22(25,26)27)16(23)15(14)18(29-10)17-13(24)4-3-7-28-17/h3-7,10-11H,8-9H2,1-2H3/t10-/m0/s1/i2D3. The van der Waals surface area contributed by atoms with E-state index in [-0.39, 0.29) is 47.4 Å². The van der Waals surface area contributed by atoms with Gasteiger partial charge >= 0.3 is 6.18 Å². The highest BCUT2D eigenvalue weighted by Gasteiger charge is 2.39. The van der Waals surface area contributed by atoms with Crippen molar-refractivity contribution < 1.29 is 31.2 Å². The van der Waals surface area contributed by atoms with Crippen LogP contribution < -0.4 is 0 Å². The van der Waals surface area contributed by atoms with Gasteiger partial charge < -0.3 is 9.64 Å². The van der Waals surface area contributed by atoms with E-state index >= 15 is 0 Å². The number of aliphatic imine (C=N–C) groups is 1. The second-order valence-electron chi connectivity index (χ2n) is 7.96. The quantitative estimate of drug-likeness (QED) is 0.499. The number of amides is 1. The molecule has 2 aliphatic rings. The Labute approximate surface area is 205 Å². The number of alkyl halides is 3. The second kappa shape index (κ2) is 8.38. The van der Waals surface area contributed by atoms with E-state index in [1.165, 1.54) is 17.2 Å². The van der Waals surface area contributed by atoms with Gasteiger partial charge in [0, 0.05) is 31.9 Å². The largest absolute Gasteiger partial charge is 0.417 e. The fourth-order valence-electron chi connectivity index (χ4n) is 3.92. The predicted molar refractivity (Wildman–Crippen MR) is 116 cm³/mol. The van der Waals surface area contributed by atoms with Gasteiger partial charge in [0.2, 0.25) is 5.82 Å². The summed E-state index contributed by atoms with van der Waals surface area (Å²) in [7, 11) is -2.61. The fourth-order valence-corrected chi connectivity index (χ4v) is 4.28. The SMILES string of the molecule is [2H]C([2H])([2H])OC1CN(C(=O)c2nc3n(n2)-c2ccc(C(F)(F)F)c(Cl)c2C(c2ncccc2F)=N[C@H]3C)C1. The molecule has 1 amide bonds. The number of pyridine rings is 1. The van der Waals surface area contributed by atoms with Gasteiger partial charge in [-0.2, -0.15) is 13.2 Å². The first-order chi connectivity index (χ1) is 17.7. The zero-order valence-electron chi connectivity index (χ0n) is 20.8. The van der Waals surface area contributed by atoms with Gasteiger partial charge in [0.15, 0.2) is 11.6 Å². The molecule has 1 fully saturated rings. The van der Waals surface area contributed by atoms with Gasteiger partial charge in [-0.25, -0.2) is 14.1 Å². The van der Waals surface area contributed by atoms with Crippen molar-refractivity contribution in [3.8, 4) is 5.69 Å². The first kappa shape index (κ1) is 19.9. The van der Waals surface area contributed by atoms with Crippen molar-refractivity contribution in [2.75, 3.05) is 20.1 Å². The van der Waals surface area contributed by atoms with Crippen molar-refractivity contribution in [2.24, 2.45) is 4.99 Å². The van der Waals surface area contributed by atoms with Crippen molar-refractivity contribution in [1.29, 1.82) is 0 Å². The zero-order valence-corrected chi connectivity index (χ0v) is 18.6. The van der Waals surface area contributed by atoms with Crippen molar-refractivity contribution >= 4 is 23.2 Å². The number of methoxy groups -OCH3 is 1. The Kier molecular flexibility index (Phi) is 4.76. The van der Waals surface area contributed by atoms with E-state index in [4.69, 9.17) is 20.5 Å². The first-order valence-corrected chi connectivity index (χ1v) is 10.7. The topological polar surface area (TPSA) is 85.5 Å². The molecule has 13 heteroatoms. The number of rotatable bonds is 3. The Hall–Kier alpha value is -3.38. The lowest BCUT2D eigenvalue weighted by molar-refractivity contribution is -0.137. The van der Waals surface area contributed by atoms with E-state index in [9.17, 15) is 22.4 Å². The molecule has 182 valence electrons. The molecule has 1 saturated heterocycles. The lowest BCUT2D eigenvalue weighted by Crippen LogP contribution is -2.54. The number of ether oxygens (including phenoxy) is 1. The molecule has 0 N–H and O–H groups in total. The maximum atomic E-state index is 14.7. The van der Waals surface area contributed by atoms with Gasteiger partial charge in [0.1, 0.15) is 11.7 Å². The molecule has 1 atom stereocenters. The van der Waals surface area contributed by atoms with E-state index in [0.29, 0.717) is 0 Å². The van der Waals surface area contributed by atoms with Crippen LogP contribution in [-0.2, 0) is 10.9 Å². The average Bonchev–Trinajstić information content (AvgIpc) is 3.19. The summed E-state index contributed by atoms with van der Waals surface area (Å²) in [6.07, 6.45) is -4.25. The monoisotopic (exact) mass is 511 g/mol. The molecule has 0 spiro atoms. The average molecular weight is 512 g/mol. The molecule has 0 bridgehead atoms. The van der Waals surface area contributed by atoms with Crippen LogP contribution in [0.2, 0.25) is 5.02 Å². The third-order valence-corrected chi connectivity index (χ3v) is 6.09. The number of hydrogen-bond donors (Lipinski definition) is 0. The maximum Gasteiger partial charge on any atom is 0.417 e. The maximum absolute atomic E-state index is 14.7. The summed E-state index contributed by atoms with van der Waals surface area (Å²) in [5.41, 5.74) is -2.00. The Morgan fingerprint density at radius 1 is 1.29 bits per heavy atom. The molecule has 2 aromatic heterocycles. The highest BCUT2D eigenvalue weighted by Crippen LogP contribution is 2.41. The summed E-state index contributed by atoms with van der Waals surface area (Å²) in [4.78, 5) is 26.9. The summed E-state index contributed by atoms with van der Waals surface area (Å²) in [5, 5.41) is 3.48. The van der Waals surface area contributed by atoms with Crippen LogP contribution >= 0.6 is 11.6 Å². The molecule has 5 rings (SSSR count). The van der Waals surface area contributed by atoms with Gasteiger partial charge in [0.05, 0.1) is 32.2 Å². The van der Waals surface area contributed by atoms with Gasteiger partial charge in [0.25, 0.3) is 5.91 Å². The summed E-state index contributed by atoms with van der Waals surface area (Å²) >= 11 is 6.27. The number of carbonyl (C=O) groups is 1. The minimum atomic E-state index is -4.82. The van der Waals surface area contributed by atoms with E-state index in [1.807, 2.05) is 0 Å². The second-order valence-corrected chi connectivity index (χ2v) is 8.34. The minimum absolute atomic E-state index is 0.00470. The molecular formula is C22H17ClF4N6O2. The van der Waals surface area contributed by atoms with Gasteiger partial charge in [-0.3, -0.25) is 14.8 Å². The lowest BCUT2D eigenvalue weighted by Gasteiger charge is -2.37. The molecule has 0 aliphatic carbocycles. The van der Waals surface area contributed by atoms with Crippen LogP contribution in [-0.4, -0.2) is 62.5 Å². The zero-order chi connectivity index (χ0) is 27.6. The van der Waals surface area contributed by atoms with Crippen molar-refractivity contribution in [3.05, 3.63) is 69.8 Å². The number of nitrogens with zero attached hydrogens (tertiary/aromatic N) is 6. The molecule has 0 saturated carbocycles. The summed E-state index contributed by atoms with van der Waals surface area (Å²) in [5.74, 6) is -1.66. The van der Waals surface area contributed by atoms with Crippen LogP contribution in [0.25, 0.3) is 5.69 Å². The Balaban J connectivity index is 1.60. The highest BCUT2D eigenvalue weighted by atomic mass is 35.5. The number of halogens is 5. The van der Waals surface area contributed by atoms with Crippen LogP contribution in [0, 0.1) is 5.82 Å². The third-order valence-electron chi connectivity index (χ3n) is 5.69. The van der Waals surface area contributed by atoms with Gasteiger partial charge in [-0.05, 0) is 31.2 Å². The molecule has 0 unspecified atom stereocenters. The van der Waals surface area contributed by atoms with Crippen LogP contribution in [0.1, 0.15) is 50.3 Å². The lowest BCUT2D eigenvalue weighted by atomic mass is 10.0. The number of fused-ring (bicyclic) bond motifs is 3. The van der Waals surface area contributed by atoms with Crippen LogP contribution in [0.4, 0.5) is 17.6 Å². The van der Waals surface area contributed by atoms with Crippen molar-refractivity contribution in [2.45, 2.75) is 25.2 Å². The molecular weight excluding hydrogens is 492 g/mol.